The molecular weight excluding hydrogens is 440 g/mol. The highest BCUT2D eigenvalue weighted by Gasteiger charge is 2.31. The van der Waals surface area contributed by atoms with Gasteiger partial charge in [0.05, 0.1) is 18.2 Å². The monoisotopic (exact) mass is 478 g/mol. The molecule has 2 atom stereocenters. The maximum atomic E-state index is 13.2. The predicted octanol–water partition coefficient (Wildman–Crippen LogP) is 4.77. The Hall–Kier alpha value is -2.58. The summed E-state index contributed by atoms with van der Waals surface area (Å²) in [6.45, 7) is 8.46. The van der Waals surface area contributed by atoms with Gasteiger partial charge in [-0.1, -0.05) is 32.3 Å². The van der Waals surface area contributed by atoms with Gasteiger partial charge in [-0.3, -0.25) is 9.69 Å². The van der Waals surface area contributed by atoms with Crippen molar-refractivity contribution >= 4 is 10.9 Å². The van der Waals surface area contributed by atoms with E-state index in [0.717, 1.165) is 73.1 Å². The molecule has 1 N–H and O–H groups in total. The van der Waals surface area contributed by atoms with Gasteiger partial charge in [0.15, 0.2) is 5.82 Å². The van der Waals surface area contributed by atoms with Crippen molar-refractivity contribution in [3.8, 4) is 0 Å². The minimum absolute atomic E-state index is 0.0188. The van der Waals surface area contributed by atoms with Crippen molar-refractivity contribution in [1.82, 2.24) is 30.1 Å². The SMILES string of the molecule is CC[C@@H](c1nnnn1C1CCCCC1)N(Cc1cc2c(C)cc(C)cc2[nH]c1=O)C[C@H]1CCCO1. The van der Waals surface area contributed by atoms with Crippen molar-refractivity contribution < 1.29 is 4.74 Å². The van der Waals surface area contributed by atoms with Crippen LogP contribution < -0.4 is 5.56 Å². The van der Waals surface area contributed by atoms with Gasteiger partial charge < -0.3 is 9.72 Å². The quantitative estimate of drug-likeness (QED) is 0.502. The fourth-order valence-corrected chi connectivity index (χ4v) is 6.01. The number of pyridine rings is 1. The van der Waals surface area contributed by atoms with Gasteiger partial charge in [0.2, 0.25) is 0 Å². The molecule has 1 aromatic carbocycles. The number of ether oxygens (including phenoxy) is 1. The summed E-state index contributed by atoms with van der Waals surface area (Å²) < 4.78 is 8.10. The van der Waals surface area contributed by atoms with Crippen LogP contribution in [0.2, 0.25) is 0 Å². The first-order chi connectivity index (χ1) is 17.0. The Bertz CT molecular complexity index is 1210. The van der Waals surface area contributed by atoms with Crippen LogP contribution in [-0.4, -0.2) is 49.3 Å². The van der Waals surface area contributed by atoms with Crippen molar-refractivity contribution in [3.63, 3.8) is 0 Å². The maximum Gasteiger partial charge on any atom is 0.252 e. The number of aryl methyl sites for hydroxylation is 2. The molecule has 2 aromatic heterocycles. The molecule has 0 radical (unpaired) electrons. The molecule has 0 amide bonds. The Morgan fingerprint density at radius 2 is 1.97 bits per heavy atom. The maximum absolute atomic E-state index is 13.2. The van der Waals surface area contributed by atoms with Crippen LogP contribution in [0.15, 0.2) is 23.0 Å². The average Bonchev–Trinajstić information content (AvgIpc) is 3.53. The summed E-state index contributed by atoms with van der Waals surface area (Å²) in [5.41, 5.74) is 3.98. The van der Waals surface area contributed by atoms with E-state index in [2.05, 4.69) is 63.0 Å². The molecule has 3 aromatic rings. The number of aromatic nitrogens is 5. The number of hydrogen-bond donors (Lipinski definition) is 1. The van der Waals surface area contributed by atoms with Crippen LogP contribution >= 0.6 is 0 Å². The standard InChI is InChI=1S/C27H38N6O2/c1-4-25(26-29-30-31-33(26)21-9-6-5-7-10-21)32(17-22-11-8-12-35-22)16-20-15-23-19(3)13-18(2)14-24(23)28-27(20)34/h13-15,21-22,25H,4-12,16-17H2,1-3H3,(H,28,34)/t22-,25+/m1/s1. The third-order valence-electron chi connectivity index (χ3n) is 7.79. The highest BCUT2D eigenvalue weighted by atomic mass is 16.5. The lowest BCUT2D eigenvalue weighted by Gasteiger charge is -2.33. The molecule has 0 unspecified atom stereocenters. The number of nitrogens with zero attached hydrogens (tertiary/aromatic N) is 5. The summed E-state index contributed by atoms with van der Waals surface area (Å²) >= 11 is 0. The molecule has 3 heterocycles. The Labute approximate surface area is 207 Å². The second kappa shape index (κ2) is 10.6. The second-order valence-corrected chi connectivity index (χ2v) is 10.4. The zero-order chi connectivity index (χ0) is 24.4. The van der Waals surface area contributed by atoms with Crippen LogP contribution in [0.5, 0.6) is 0 Å². The highest BCUT2D eigenvalue weighted by molar-refractivity contribution is 5.83. The van der Waals surface area contributed by atoms with Gasteiger partial charge in [0.1, 0.15) is 0 Å². The Morgan fingerprint density at radius 1 is 1.14 bits per heavy atom. The third kappa shape index (κ3) is 5.19. The van der Waals surface area contributed by atoms with Crippen LogP contribution in [0.3, 0.4) is 0 Å². The lowest BCUT2D eigenvalue weighted by atomic mass is 9.95. The minimum atomic E-state index is -0.0263. The number of hydrogen-bond acceptors (Lipinski definition) is 6. The zero-order valence-electron chi connectivity index (χ0n) is 21.3. The molecular formula is C27H38N6O2. The van der Waals surface area contributed by atoms with Gasteiger partial charge in [-0.05, 0) is 79.6 Å². The van der Waals surface area contributed by atoms with Gasteiger partial charge in [-0.15, -0.1) is 5.10 Å². The normalized spacial score (nSPS) is 20.2. The third-order valence-corrected chi connectivity index (χ3v) is 7.79. The fourth-order valence-electron chi connectivity index (χ4n) is 6.01. The first-order valence-corrected chi connectivity index (χ1v) is 13.3. The number of nitrogens with one attached hydrogen (secondary N) is 1. The van der Waals surface area contributed by atoms with Gasteiger partial charge in [-0.25, -0.2) is 4.68 Å². The van der Waals surface area contributed by atoms with Crippen molar-refractivity contribution in [2.45, 2.75) is 96.9 Å². The summed E-state index contributed by atoms with van der Waals surface area (Å²) in [4.78, 5) is 18.7. The van der Waals surface area contributed by atoms with Crippen LogP contribution in [0.4, 0.5) is 0 Å². The molecule has 188 valence electrons. The van der Waals surface area contributed by atoms with Crippen LogP contribution in [0.1, 0.15) is 92.9 Å². The van der Waals surface area contributed by atoms with Crippen LogP contribution in [0, 0.1) is 13.8 Å². The first kappa shape index (κ1) is 24.1. The van der Waals surface area contributed by atoms with Crippen LogP contribution in [0.25, 0.3) is 10.9 Å². The lowest BCUT2D eigenvalue weighted by molar-refractivity contribution is 0.0481. The van der Waals surface area contributed by atoms with Crippen LogP contribution in [-0.2, 0) is 11.3 Å². The van der Waals surface area contributed by atoms with Gasteiger partial charge in [0, 0.05) is 36.2 Å². The molecule has 2 aliphatic rings. The molecule has 35 heavy (non-hydrogen) atoms. The number of benzene rings is 1. The number of H-pyrrole nitrogens is 1. The Kier molecular flexibility index (Phi) is 7.29. The molecule has 1 saturated carbocycles. The number of tetrazole rings is 1. The van der Waals surface area contributed by atoms with E-state index < -0.39 is 0 Å². The summed E-state index contributed by atoms with van der Waals surface area (Å²) in [5, 5.41) is 14.2. The topological polar surface area (TPSA) is 88.9 Å². The Morgan fingerprint density at radius 3 is 2.71 bits per heavy atom. The molecule has 1 aliphatic carbocycles. The van der Waals surface area contributed by atoms with Crippen molar-refractivity contribution in [1.29, 1.82) is 0 Å². The largest absolute Gasteiger partial charge is 0.377 e. The van der Waals surface area contributed by atoms with E-state index in [4.69, 9.17) is 4.74 Å². The lowest BCUT2D eigenvalue weighted by Crippen LogP contribution is -2.38. The van der Waals surface area contributed by atoms with Crippen molar-refractivity contribution in [2.75, 3.05) is 13.2 Å². The van der Waals surface area contributed by atoms with Gasteiger partial charge >= 0.3 is 0 Å². The van der Waals surface area contributed by atoms with E-state index in [-0.39, 0.29) is 17.7 Å². The molecule has 0 bridgehead atoms. The van der Waals surface area contributed by atoms with E-state index in [1.54, 1.807) is 0 Å². The smallest absolute Gasteiger partial charge is 0.252 e. The van der Waals surface area contributed by atoms with E-state index in [1.165, 1.54) is 24.8 Å². The van der Waals surface area contributed by atoms with E-state index in [0.29, 0.717) is 12.6 Å². The predicted molar refractivity (Wildman–Crippen MR) is 136 cm³/mol. The number of aromatic amines is 1. The highest BCUT2D eigenvalue weighted by Crippen LogP contribution is 2.33. The van der Waals surface area contributed by atoms with Gasteiger partial charge in [0.25, 0.3) is 5.56 Å². The Balaban J connectivity index is 1.50. The average molecular weight is 479 g/mol. The molecule has 2 fully saturated rings. The minimum Gasteiger partial charge on any atom is -0.377 e. The fraction of sp³-hybridized carbons (Fsp3) is 0.630. The molecule has 1 saturated heterocycles. The van der Waals surface area contributed by atoms with Crippen molar-refractivity contribution in [3.05, 3.63) is 51.1 Å². The van der Waals surface area contributed by atoms with Crippen molar-refractivity contribution in [2.24, 2.45) is 0 Å². The molecule has 1 aliphatic heterocycles. The number of fused-ring (bicyclic) bond motifs is 1. The van der Waals surface area contributed by atoms with E-state index in [9.17, 15) is 4.79 Å². The van der Waals surface area contributed by atoms with Gasteiger partial charge in [-0.2, -0.15) is 0 Å². The summed E-state index contributed by atoms with van der Waals surface area (Å²) in [5.74, 6) is 0.918. The molecule has 5 rings (SSSR count). The second-order valence-electron chi connectivity index (χ2n) is 10.4. The van der Waals surface area contributed by atoms with E-state index >= 15 is 0 Å². The molecule has 8 nitrogen and oxygen atoms in total. The molecule has 0 spiro atoms. The molecule has 8 heteroatoms. The van der Waals surface area contributed by atoms with E-state index in [1.807, 2.05) is 6.07 Å². The summed E-state index contributed by atoms with van der Waals surface area (Å²) in [6.07, 6.45) is 9.18. The summed E-state index contributed by atoms with van der Waals surface area (Å²) in [7, 11) is 0. The first-order valence-electron chi connectivity index (χ1n) is 13.3. The zero-order valence-corrected chi connectivity index (χ0v) is 21.3. The number of rotatable bonds is 8. The summed E-state index contributed by atoms with van der Waals surface area (Å²) in [6, 6.07) is 6.67.